The zero-order valence-corrected chi connectivity index (χ0v) is 8.04. The van der Waals surface area contributed by atoms with Crippen molar-refractivity contribution in [2.24, 2.45) is 0 Å². The Morgan fingerprint density at radius 1 is 1.46 bits per heavy atom. The SMILES string of the molecule is C#CC(O)Cc1cccc(C)c1C. The van der Waals surface area contributed by atoms with Gasteiger partial charge in [-0.05, 0) is 30.5 Å². The third-order valence-corrected chi connectivity index (χ3v) is 2.32. The van der Waals surface area contributed by atoms with Crippen LogP contribution in [0.5, 0.6) is 0 Å². The predicted molar refractivity (Wildman–Crippen MR) is 54.5 cm³/mol. The Hall–Kier alpha value is -1.26. The van der Waals surface area contributed by atoms with Gasteiger partial charge >= 0.3 is 0 Å². The number of aliphatic hydroxyl groups is 1. The molecule has 0 heterocycles. The van der Waals surface area contributed by atoms with Crippen molar-refractivity contribution < 1.29 is 5.11 Å². The maximum Gasteiger partial charge on any atom is 0.118 e. The molecule has 1 unspecified atom stereocenters. The van der Waals surface area contributed by atoms with Gasteiger partial charge in [-0.3, -0.25) is 0 Å². The molecule has 0 saturated carbocycles. The number of benzene rings is 1. The van der Waals surface area contributed by atoms with Crippen LogP contribution in [0.1, 0.15) is 16.7 Å². The first-order valence-corrected chi connectivity index (χ1v) is 4.34. The lowest BCUT2D eigenvalue weighted by Gasteiger charge is -2.09. The molecule has 1 rings (SSSR count). The van der Waals surface area contributed by atoms with E-state index in [-0.39, 0.29) is 0 Å². The average Bonchev–Trinajstić information content (AvgIpc) is 2.13. The molecule has 1 N–H and O–H groups in total. The number of aliphatic hydroxyl groups excluding tert-OH is 1. The third kappa shape index (κ3) is 2.34. The van der Waals surface area contributed by atoms with Crippen LogP contribution in [0.15, 0.2) is 18.2 Å². The molecule has 1 nitrogen and oxygen atoms in total. The van der Waals surface area contributed by atoms with Crippen molar-refractivity contribution >= 4 is 0 Å². The Morgan fingerprint density at radius 3 is 2.77 bits per heavy atom. The van der Waals surface area contributed by atoms with E-state index >= 15 is 0 Å². The molecule has 1 aromatic carbocycles. The molecule has 0 saturated heterocycles. The van der Waals surface area contributed by atoms with Crippen LogP contribution in [0.25, 0.3) is 0 Å². The molecular weight excluding hydrogens is 160 g/mol. The summed E-state index contributed by atoms with van der Waals surface area (Å²) in [6, 6.07) is 6.05. The minimum absolute atomic E-state index is 0.546. The summed E-state index contributed by atoms with van der Waals surface area (Å²) in [7, 11) is 0. The van der Waals surface area contributed by atoms with Crippen molar-refractivity contribution in [1.82, 2.24) is 0 Å². The summed E-state index contributed by atoms with van der Waals surface area (Å²) in [5, 5.41) is 9.29. The molecule has 0 aliphatic heterocycles. The Labute approximate surface area is 79.4 Å². The maximum atomic E-state index is 9.29. The Morgan fingerprint density at radius 2 is 2.15 bits per heavy atom. The number of hydrogen-bond donors (Lipinski definition) is 1. The van der Waals surface area contributed by atoms with Crippen LogP contribution in [0.3, 0.4) is 0 Å². The van der Waals surface area contributed by atoms with E-state index < -0.39 is 6.10 Å². The zero-order chi connectivity index (χ0) is 9.84. The third-order valence-electron chi connectivity index (χ3n) is 2.32. The molecule has 1 atom stereocenters. The topological polar surface area (TPSA) is 20.2 Å². The van der Waals surface area contributed by atoms with Gasteiger partial charge in [0.2, 0.25) is 0 Å². The van der Waals surface area contributed by atoms with Crippen molar-refractivity contribution in [2.75, 3.05) is 0 Å². The van der Waals surface area contributed by atoms with E-state index in [0.29, 0.717) is 6.42 Å². The Bertz CT molecular complexity index is 333. The Balaban J connectivity index is 2.90. The summed E-state index contributed by atoms with van der Waals surface area (Å²) < 4.78 is 0. The molecule has 68 valence electrons. The monoisotopic (exact) mass is 174 g/mol. The van der Waals surface area contributed by atoms with Gasteiger partial charge in [0.1, 0.15) is 6.10 Å². The molecule has 1 heteroatoms. The van der Waals surface area contributed by atoms with Crippen molar-refractivity contribution in [1.29, 1.82) is 0 Å². The normalized spacial score (nSPS) is 12.2. The number of hydrogen-bond acceptors (Lipinski definition) is 1. The summed E-state index contributed by atoms with van der Waals surface area (Å²) in [6.45, 7) is 4.11. The smallest absolute Gasteiger partial charge is 0.118 e. The highest BCUT2D eigenvalue weighted by Crippen LogP contribution is 2.14. The predicted octanol–water partition coefficient (Wildman–Crippen LogP) is 1.84. The highest BCUT2D eigenvalue weighted by Gasteiger charge is 2.04. The fourth-order valence-electron chi connectivity index (χ4n) is 1.30. The molecule has 0 radical (unpaired) electrons. The second kappa shape index (κ2) is 4.11. The minimum Gasteiger partial charge on any atom is -0.380 e. The molecule has 0 aliphatic rings. The molecule has 13 heavy (non-hydrogen) atoms. The maximum absolute atomic E-state index is 9.29. The number of aryl methyl sites for hydroxylation is 1. The molecule has 0 spiro atoms. The molecule has 0 amide bonds. The van der Waals surface area contributed by atoms with Gasteiger partial charge in [0.05, 0.1) is 0 Å². The first-order chi connectivity index (χ1) is 6.15. The molecule has 0 aliphatic carbocycles. The summed E-state index contributed by atoms with van der Waals surface area (Å²) in [4.78, 5) is 0. The van der Waals surface area contributed by atoms with E-state index in [1.54, 1.807) is 0 Å². The van der Waals surface area contributed by atoms with Crippen molar-refractivity contribution in [2.45, 2.75) is 26.4 Å². The van der Waals surface area contributed by atoms with E-state index in [4.69, 9.17) is 6.42 Å². The zero-order valence-electron chi connectivity index (χ0n) is 8.04. The van der Waals surface area contributed by atoms with Gasteiger partial charge in [0, 0.05) is 6.42 Å². The fourth-order valence-corrected chi connectivity index (χ4v) is 1.30. The van der Waals surface area contributed by atoms with Crippen LogP contribution in [0.4, 0.5) is 0 Å². The fraction of sp³-hybridized carbons (Fsp3) is 0.333. The minimum atomic E-state index is -0.666. The van der Waals surface area contributed by atoms with E-state index in [9.17, 15) is 5.11 Å². The average molecular weight is 174 g/mol. The van der Waals surface area contributed by atoms with E-state index in [1.807, 2.05) is 19.1 Å². The van der Waals surface area contributed by atoms with Crippen LogP contribution in [0, 0.1) is 26.2 Å². The van der Waals surface area contributed by atoms with Crippen LogP contribution in [-0.4, -0.2) is 11.2 Å². The summed E-state index contributed by atoms with van der Waals surface area (Å²) in [5.41, 5.74) is 3.59. The van der Waals surface area contributed by atoms with Gasteiger partial charge in [0.15, 0.2) is 0 Å². The van der Waals surface area contributed by atoms with Crippen molar-refractivity contribution in [3.63, 3.8) is 0 Å². The first-order valence-electron chi connectivity index (χ1n) is 4.34. The lowest BCUT2D eigenvalue weighted by atomic mass is 9.99. The lowest BCUT2D eigenvalue weighted by molar-refractivity contribution is 0.233. The summed E-state index contributed by atoms with van der Waals surface area (Å²) in [6.07, 6.45) is 4.99. The summed E-state index contributed by atoms with van der Waals surface area (Å²) >= 11 is 0. The van der Waals surface area contributed by atoms with Crippen LogP contribution >= 0.6 is 0 Å². The highest BCUT2D eigenvalue weighted by atomic mass is 16.3. The van der Waals surface area contributed by atoms with Gasteiger partial charge in [0.25, 0.3) is 0 Å². The standard InChI is InChI=1S/C12H14O/c1-4-12(13)8-11-7-5-6-9(2)10(11)3/h1,5-7,12-13H,8H2,2-3H3. The van der Waals surface area contributed by atoms with E-state index in [1.165, 1.54) is 11.1 Å². The number of terminal acetylenes is 1. The molecule has 0 fully saturated rings. The molecule has 0 aromatic heterocycles. The van der Waals surface area contributed by atoms with Crippen LogP contribution in [0.2, 0.25) is 0 Å². The highest BCUT2D eigenvalue weighted by molar-refractivity contribution is 5.34. The molecule has 1 aromatic rings. The molecular formula is C12H14O. The molecule has 0 bridgehead atoms. The van der Waals surface area contributed by atoms with E-state index in [0.717, 1.165) is 5.56 Å². The van der Waals surface area contributed by atoms with Crippen LogP contribution in [-0.2, 0) is 6.42 Å². The summed E-state index contributed by atoms with van der Waals surface area (Å²) in [5.74, 6) is 2.32. The van der Waals surface area contributed by atoms with Crippen molar-refractivity contribution in [3.05, 3.63) is 34.9 Å². The van der Waals surface area contributed by atoms with Gasteiger partial charge in [-0.1, -0.05) is 24.1 Å². The van der Waals surface area contributed by atoms with Crippen molar-refractivity contribution in [3.8, 4) is 12.3 Å². The second-order valence-electron chi connectivity index (χ2n) is 3.25. The van der Waals surface area contributed by atoms with Crippen LogP contribution < -0.4 is 0 Å². The lowest BCUT2D eigenvalue weighted by Crippen LogP contribution is -2.08. The van der Waals surface area contributed by atoms with E-state index in [2.05, 4.69) is 18.9 Å². The number of rotatable bonds is 2. The van der Waals surface area contributed by atoms with Gasteiger partial charge < -0.3 is 5.11 Å². The Kier molecular flexibility index (Phi) is 3.11. The quantitative estimate of drug-likeness (QED) is 0.678. The second-order valence-corrected chi connectivity index (χ2v) is 3.25. The van der Waals surface area contributed by atoms with Gasteiger partial charge in [-0.2, -0.15) is 0 Å². The first kappa shape index (κ1) is 9.83. The van der Waals surface area contributed by atoms with Gasteiger partial charge in [-0.25, -0.2) is 0 Å². The van der Waals surface area contributed by atoms with Gasteiger partial charge in [-0.15, -0.1) is 6.42 Å². The largest absolute Gasteiger partial charge is 0.380 e.